The fourth-order valence-corrected chi connectivity index (χ4v) is 5.84. The summed E-state index contributed by atoms with van der Waals surface area (Å²) in [5.74, 6) is -0.669. The lowest BCUT2D eigenvalue weighted by Crippen LogP contribution is -2.36. The predicted molar refractivity (Wildman–Crippen MR) is 140 cm³/mol. The number of amides is 1. The first-order valence-electron chi connectivity index (χ1n) is 12.5. The largest absolute Gasteiger partial charge is 0.443 e. The smallest absolute Gasteiger partial charge is 0.402 e. The van der Waals surface area contributed by atoms with Gasteiger partial charge in [-0.2, -0.15) is 13.2 Å². The van der Waals surface area contributed by atoms with Gasteiger partial charge in [-0.25, -0.2) is 9.98 Å². The Balaban J connectivity index is 1.22. The van der Waals surface area contributed by atoms with Crippen molar-refractivity contribution in [1.82, 2.24) is 15.2 Å². The molecule has 14 heteroatoms. The number of morpholine rings is 1. The van der Waals surface area contributed by atoms with Gasteiger partial charge < -0.3 is 24.7 Å². The second-order valence-corrected chi connectivity index (χ2v) is 10.4. The highest BCUT2D eigenvalue weighted by Gasteiger charge is 2.48. The van der Waals surface area contributed by atoms with E-state index in [0.29, 0.717) is 40.9 Å². The lowest BCUT2D eigenvalue weighted by atomic mass is 10.0. The van der Waals surface area contributed by atoms with Crippen molar-refractivity contribution in [2.45, 2.75) is 30.9 Å². The van der Waals surface area contributed by atoms with Gasteiger partial charge >= 0.3 is 12.2 Å². The minimum absolute atomic E-state index is 0.00695. The zero-order valence-electron chi connectivity index (χ0n) is 20.6. The van der Waals surface area contributed by atoms with Crippen LogP contribution in [0, 0.1) is 0 Å². The average molecular weight is 568 g/mol. The molecule has 1 saturated carbocycles. The summed E-state index contributed by atoms with van der Waals surface area (Å²) >= 11 is 0.537. The molecule has 40 heavy (non-hydrogen) atoms. The molecule has 2 N–H and O–H groups in total. The van der Waals surface area contributed by atoms with E-state index in [0.717, 1.165) is 17.5 Å². The highest BCUT2D eigenvalue weighted by atomic mass is 32.1. The number of rotatable bonds is 5. The minimum atomic E-state index is -4.63. The molecule has 2 aliphatic heterocycles. The monoisotopic (exact) mass is 567 g/mol. The van der Waals surface area contributed by atoms with Crippen LogP contribution in [0.5, 0.6) is 0 Å². The molecule has 3 atom stereocenters. The standard InChI is InChI=1S/C26H20F3N7O3S/c27-26(28,29)24-32-19(23(40-24)36-10-11-38-17-12-16(17)36)22-34-35-25(39-22)33-20-21(37)30-15-9-5-4-8-14(15)18(31-20)13-6-2-1-3-7-13/h1-9,16-17,20H,10-12H2,(H,30,37)(H,33,35)/t16-,17+,20-/m0/s1. The van der Waals surface area contributed by atoms with Crippen molar-refractivity contribution in [3.63, 3.8) is 0 Å². The first-order chi connectivity index (χ1) is 19.3. The van der Waals surface area contributed by atoms with Crippen LogP contribution in [-0.2, 0) is 15.7 Å². The summed E-state index contributed by atoms with van der Waals surface area (Å²) in [5, 5.41) is 12.9. The number of ether oxygens (including phenoxy) is 1. The van der Waals surface area contributed by atoms with E-state index in [1.165, 1.54) is 0 Å². The lowest BCUT2D eigenvalue weighted by molar-refractivity contribution is -0.137. The van der Waals surface area contributed by atoms with Gasteiger partial charge in [0.05, 0.1) is 30.2 Å². The molecule has 4 aromatic rings. The van der Waals surface area contributed by atoms with Gasteiger partial charge in [-0.1, -0.05) is 65.0 Å². The molecule has 2 fully saturated rings. The van der Waals surface area contributed by atoms with E-state index >= 15 is 0 Å². The highest BCUT2D eigenvalue weighted by molar-refractivity contribution is 7.16. The molecule has 2 aromatic carbocycles. The van der Waals surface area contributed by atoms with Crippen LogP contribution in [0.3, 0.4) is 0 Å². The number of benzodiazepines with no additional fused rings is 1. The van der Waals surface area contributed by atoms with E-state index in [-0.39, 0.29) is 29.7 Å². The Bertz CT molecular complexity index is 1620. The molecule has 4 heterocycles. The molecule has 1 amide bonds. The second kappa shape index (κ2) is 9.41. The van der Waals surface area contributed by atoms with Crippen LogP contribution >= 0.6 is 11.3 Å². The van der Waals surface area contributed by atoms with E-state index in [1.54, 1.807) is 12.1 Å². The number of hydrogen-bond acceptors (Lipinski definition) is 10. The second-order valence-electron chi connectivity index (χ2n) is 9.41. The van der Waals surface area contributed by atoms with E-state index in [9.17, 15) is 18.0 Å². The Labute approximate surface area is 228 Å². The van der Waals surface area contributed by atoms with E-state index in [1.807, 2.05) is 47.4 Å². The van der Waals surface area contributed by atoms with Gasteiger partial charge in [0.1, 0.15) is 5.00 Å². The maximum absolute atomic E-state index is 13.6. The van der Waals surface area contributed by atoms with Gasteiger partial charge in [0.2, 0.25) is 11.2 Å². The normalized spacial score (nSPS) is 22.1. The van der Waals surface area contributed by atoms with Crippen molar-refractivity contribution < 1.29 is 27.1 Å². The third kappa shape index (κ3) is 4.48. The number of thiazole rings is 1. The summed E-state index contributed by atoms with van der Waals surface area (Å²) in [6.07, 6.45) is -5.07. The number of halogens is 3. The molecule has 3 aliphatic rings. The molecule has 2 aromatic heterocycles. The SMILES string of the molecule is O=C1Nc2ccccc2C(c2ccccc2)=N[C@H]1Nc1nnc(-c2nc(C(F)(F)F)sc2N2CCO[C@@H]3C[C@@H]32)o1. The van der Waals surface area contributed by atoms with Crippen molar-refractivity contribution in [2.24, 2.45) is 4.99 Å². The Morgan fingerprint density at radius 1 is 1.07 bits per heavy atom. The number of benzene rings is 2. The number of aromatic nitrogens is 3. The van der Waals surface area contributed by atoms with Crippen molar-refractivity contribution >= 4 is 39.7 Å². The van der Waals surface area contributed by atoms with Gasteiger partial charge in [-0.05, 0) is 12.5 Å². The number of nitrogens with one attached hydrogen (secondary N) is 2. The molecule has 1 aliphatic carbocycles. The topological polar surface area (TPSA) is 118 Å². The van der Waals surface area contributed by atoms with Crippen LogP contribution in [0.4, 0.5) is 29.9 Å². The Morgan fingerprint density at radius 2 is 1.88 bits per heavy atom. The number of carbonyl (C=O) groups is 1. The van der Waals surface area contributed by atoms with Gasteiger partial charge in [0.25, 0.3) is 11.8 Å². The number of alkyl halides is 3. The van der Waals surface area contributed by atoms with Crippen LogP contribution in [0.25, 0.3) is 11.6 Å². The molecule has 0 spiro atoms. The van der Waals surface area contributed by atoms with Gasteiger partial charge in [-0.3, -0.25) is 4.79 Å². The molecule has 0 radical (unpaired) electrons. The average Bonchev–Trinajstić information content (AvgIpc) is 3.42. The fourth-order valence-electron chi connectivity index (χ4n) is 4.83. The number of aliphatic imine (C=N–C) groups is 1. The van der Waals surface area contributed by atoms with Crippen molar-refractivity contribution in [3.05, 3.63) is 70.7 Å². The number of nitrogens with zero attached hydrogens (tertiary/aromatic N) is 5. The van der Waals surface area contributed by atoms with Crippen LogP contribution in [0.2, 0.25) is 0 Å². The molecular weight excluding hydrogens is 547 g/mol. The first kappa shape index (κ1) is 24.7. The third-order valence-corrected chi connectivity index (χ3v) is 7.90. The zero-order valence-corrected chi connectivity index (χ0v) is 21.4. The van der Waals surface area contributed by atoms with Gasteiger partial charge in [0.15, 0.2) is 5.69 Å². The summed E-state index contributed by atoms with van der Waals surface area (Å²) in [7, 11) is 0. The van der Waals surface area contributed by atoms with Gasteiger partial charge in [-0.15, -0.1) is 5.10 Å². The quantitative estimate of drug-likeness (QED) is 0.364. The summed E-state index contributed by atoms with van der Waals surface area (Å²) < 4.78 is 52.2. The van der Waals surface area contributed by atoms with Gasteiger partial charge in [0, 0.05) is 17.7 Å². The third-order valence-electron chi connectivity index (χ3n) is 6.76. The Kier molecular flexibility index (Phi) is 5.82. The molecule has 0 bridgehead atoms. The summed E-state index contributed by atoms with van der Waals surface area (Å²) in [5.41, 5.74) is 2.61. The fraction of sp³-hybridized carbons (Fsp3) is 0.269. The molecule has 1 saturated heterocycles. The van der Waals surface area contributed by atoms with E-state index < -0.39 is 23.3 Å². The number of hydrogen-bond donors (Lipinski definition) is 2. The summed E-state index contributed by atoms with van der Waals surface area (Å²) in [6.45, 7) is 0.824. The molecule has 204 valence electrons. The molecule has 10 nitrogen and oxygen atoms in total. The van der Waals surface area contributed by atoms with Crippen molar-refractivity contribution in [1.29, 1.82) is 0 Å². The van der Waals surface area contributed by atoms with Crippen molar-refractivity contribution in [3.8, 4) is 11.6 Å². The molecule has 7 rings (SSSR count). The number of anilines is 3. The maximum atomic E-state index is 13.6. The zero-order chi connectivity index (χ0) is 27.4. The van der Waals surface area contributed by atoms with Crippen molar-refractivity contribution in [2.75, 3.05) is 28.7 Å². The number of carbonyl (C=O) groups excluding carboxylic acids is 1. The number of para-hydroxylation sites is 1. The van der Waals surface area contributed by atoms with Crippen LogP contribution in [0.15, 0.2) is 64.0 Å². The number of fused-ring (bicyclic) bond motifs is 2. The van der Waals surface area contributed by atoms with Crippen LogP contribution in [0.1, 0.15) is 22.6 Å². The lowest BCUT2D eigenvalue weighted by Gasteiger charge is -2.27. The van der Waals surface area contributed by atoms with Crippen LogP contribution in [-0.4, -0.2) is 58.3 Å². The minimum Gasteiger partial charge on any atom is -0.402 e. The molecule has 0 unspecified atom stereocenters. The molecular formula is C26H20F3N7O3S. The Morgan fingerprint density at radius 3 is 2.70 bits per heavy atom. The van der Waals surface area contributed by atoms with E-state index in [4.69, 9.17) is 9.15 Å². The first-order valence-corrected chi connectivity index (χ1v) is 13.3. The summed E-state index contributed by atoms with van der Waals surface area (Å²) in [6, 6.07) is 16.5. The predicted octanol–water partition coefficient (Wildman–Crippen LogP) is 4.42. The maximum Gasteiger partial charge on any atom is 0.443 e. The Hall–Kier alpha value is -4.30. The van der Waals surface area contributed by atoms with Crippen LogP contribution < -0.4 is 15.5 Å². The van der Waals surface area contributed by atoms with E-state index in [2.05, 4.69) is 30.8 Å². The highest BCUT2D eigenvalue weighted by Crippen LogP contribution is 2.47. The summed E-state index contributed by atoms with van der Waals surface area (Å²) in [4.78, 5) is 23.5.